The summed E-state index contributed by atoms with van der Waals surface area (Å²) in [5.41, 5.74) is 1.66. The monoisotopic (exact) mass is 398 g/mol. The third kappa shape index (κ3) is 2.64. The van der Waals surface area contributed by atoms with Gasteiger partial charge in [0.25, 0.3) is 0 Å². The molecule has 2 aliphatic rings. The number of fused-ring (bicyclic) bond motifs is 2. The van der Waals surface area contributed by atoms with E-state index in [1.54, 1.807) is 0 Å². The van der Waals surface area contributed by atoms with E-state index in [1.807, 2.05) is 66.7 Å². The third-order valence-corrected chi connectivity index (χ3v) is 5.88. The molecule has 0 radical (unpaired) electrons. The largest absolute Gasteiger partial charge is 0.454 e. The molecule has 6 rings (SSSR count). The molecule has 0 saturated heterocycles. The minimum absolute atomic E-state index is 0.0515. The van der Waals surface area contributed by atoms with Crippen LogP contribution in [0.25, 0.3) is 22.1 Å². The van der Waals surface area contributed by atoms with E-state index in [0.29, 0.717) is 23.0 Å². The molecular weight excluding hydrogens is 380 g/mol. The van der Waals surface area contributed by atoms with E-state index < -0.39 is 5.41 Å². The topological polar surface area (TPSA) is 73.6 Å². The predicted octanol–water partition coefficient (Wildman–Crippen LogP) is 4.89. The van der Waals surface area contributed by atoms with Crippen LogP contribution in [0, 0.1) is 0 Å². The number of nitrogens with zero attached hydrogens (tertiary/aromatic N) is 1. The van der Waals surface area contributed by atoms with E-state index in [-0.39, 0.29) is 12.7 Å². The Bertz CT molecular complexity index is 1280. The summed E-state index contributed by atoms with van der Waals surface area (Å²) in [6, 6.07) is 21.4. The zero-order valence-electron chi connectivity index (χ0n) is 16.1. The van der Waals surface area contributed by atoms with Crippen LogP contribution in [-0.2, 0) is 10.2 Å². The lowest BCUT2D eigenvalue weighted by Gasteiger charge is -2.14. The lowest BCUT2D eigenvalue weighted by atomic mass is 9.99. The van der Waals surface area contributed by atoms with Gasteiger partial charge in [-0.1, -0.05) is 41.6 Å². The number of anilines is 1. The molecule has 30 heavy (non-hydrogen) atoms. The average molecular weight is 398 g/mol. The molecule has 1 fully saturated rings. The number of carbonyl (C=O) groups is 1. The number of hydrogen-bond acceptors (Lipinski definition) is 5. The molecule has 1 amide bonds. The lowest BCUT2D eigenvalue weighted by Crippen LogP contribution is -2.28. The molecule has 1 N–H and O–H groups in total. The summed E-state index contributed by atoms with van der Waals surface area (Å²) >= 11 is 0. The zero-order valence-corrected chi connectivity index (χ0v) is 16.1. The predicted molar refractivity (Wildman–Crippen MR) is 112 cm³/mol. The van der Waals surface area contributed by atoms with Crippen molar-refractivity contribution in [2.75, 3.05) is 12.1 Å². The van der Waals surface area contributed by atoms with Crippen molar-refractivity contribution in [2.24, 2.45) is 0 Å². The van der Waals surface area contributed by atoms with Crippen LogP contribution in [0.15, 0.2) is 71.3 Å². The van der Waals surface area contributed by atoms with Crippen LogP contribution in [0.4, 0.5) is 5.69 Å². The fourth-order valence-corrected chi connectivity index (χ4v) is 3.99. The first-order chi connectivity index (χ1) is 14.7. The Morgan fingerprint density at radius 2 is 1.77 bits per heavy atom. The second kappa shape index (κ2) is 6.35. The molecule has 3 aromatic carbocycles. The molecule has 0 unspecified atom stereocenters. The number of amides is 1. The Kier molecular flexibility index (Phi) is 3.62. The Hall–Kier alpha value is -3.80. The van der Waals surface area contributed by atoms with Crippen molar-refractivity contribution in [1.82, 2.24) is 5.16 Å². The van der Waals surface area contributed by atoms with Crippen molar-refractivity contribution >= 4 is 22.4 Å². The Morgan fingerprint density at radius 3 is 2.67 bits per heavy atom. The minimum Gasteiger partial charge on any atom is -0.454 e. The van der Waals surface area contributed by atoms with E-state index in [4.69, 9.17) is 14.0 Å². The van der Waals surface area contributed by atoms with Crippen molar-refractivity contribution < 1.29 is 18.8 Å². The maximum Gasteiger partial charge on any atom is 0.236 e. The molecule has 4 aromatic rings. The SMILES string of the molecule is O=C(Nc1cccc2ccccc12)C1(c2cc(-c3ccc4c(c3)OCO4)on2)CC1. The van der Waals surface area contributed by atoms with Crippen LogP contribution in [0.5, 0.6) is 11.5 Å². The summed E-state index contributed by atoms with van der Waals surface area (Å²) in [7, 11) is 0. The fraction of sp³-hybridized carbons (Fsp3) is 0.167. The van der Waals surface area contributed by atoms with Crippen LogP contribution in [0.1, 0.15) is 18.5 Å². The van der Waals surface area contributed by atoms with Gasteiger partial charge in [0, 0.05) is 22.7 Å². The number of aromatic nitrogens is 1. The highest BCUT2D eigenvalue weighted by Gasteiger charge is 2.54. The number of ether oxygens (including phenoxy) is 2. The molecule has 1 aliphatic carbocycles. The van der Waals surface area contributed by atoms with E-state index in [2.05, 4.69) is 10.5 Å². The molecule has 6 nitrogen and oxygen atoms in total. The van der Waals surface area contributed by atoms with Crippen LogP contribution >= 0.6 is 0 Å². The third-order valence-electron chi connectivity index (χ3n) is 5.88. The normalized spacial score (nSPS) is 15.9. The Balaban J connectivity index is 1.29. The van der Waals surface area contributed by atoms with Gasteiger partial charge >= 0.3 is 0 Å². The van der Waals surface area contributed by atoms with Crippen molar-refractivity contribution in [3.8, 4) is 22.8 Å². The van der Waals surface area contributed by atoms with E-state index >= 15 is 0 Å². The quantitative estimate of drug-likeness (QED) is 0.530. The van der Waals surface area contributed by atoms with Crippen LogP contribution in [0.3, 0.4) is 0 Å². The zero-order chi connectivity index (χ0) is 20.1. The maximum atomic E-state index is 13.2. The average Bonchev–Trinajstić information content (AvgIpc) is 3.21. The summed E-state index contributed by atoms with van der Waals surface area (Å²) in [6.07, 6.45) is 1.49. The summed E-state index contributed by atoms with van der Waals surface area (Å²) < 4.78 is 16.4. The van der Waals surface area contributed by atoms with Gasteiger partial charge in [-0.15, -0.1) is 0 Å². The highest BCUT2D eigenvalue weighted by atomic mass is 16.7. The summed E-state index contributed by atoms with van der Waals surface area (Å²) in [6.45, 7) is 0.220. The van der Waals surface area contributed by atoms with E-state index in [9.17, 15) is 4.79 Å². The summed E-state index contributed by atoms with van der Waals surface area (Å²) in [4.78, 5) is 13.2. The van der Waals surface area contributed by atoms with Crippen molar-refractivity contribution in [2.45, 2.75) is 18.3 Å². The van der Waals surface area contributed by atoms with Gasteiger partial charge in [-0.3, -0.25) is 4.79 Å². The van der Waals surface area contributed by atoms with Crippen LogP contribution in [-0.4, -0.2) is 17.9 Å². The molecule has 0 bridgehead atoms. The first-order valence-corrected chi connectivity index (χ1v) is 9.89. The maximum absolute atomic E-state index is 13.2. The van der Waals surface area contributed by atoms with Gasteiger partial charge in [0.1, 0.15) is 0 Å². The first-order valence-electron chi connectivity index (χ1n) is 9.89. The Morgan fingerprint density at radius 1 is 0.933 bits per heavy atom. The van der Waals surface area contributed by atoms with Crippen LogP contribution in [0.2, 0.25) is 0 Å². The number of nitrogens with one attached hydrogen (secondary N) is 1. The molecule has 0 spiro atoms. The van der Waals surface area contributed by atoms with Gasteiger partial charge in [0.2, 0.25) is 12.7 Å². The molecule has 0 atom stereocenters. The van der Waals surface area contributed by atoms with Crippen LogP contribution < -0.4 is 14.8 Å². The first kappa shape index (κ1) is 17.1. The van der Waals surface area contributed by atoms with Gasteiger partial charge in [0.15, 0.2) is 17.3 Å². The molecule has 148 valence electrons. The second-order valence-electron chi connectivity index (χ2n) is 7.71. The van der Waals surface area contributed by atoms with Crippen molar-refractivity contribution in [1.29, 1.82) is 0 Å². The fourth-order valence-electron chi connectivity index (χ4n) is 3.99. The van der Waals surface area contributed by atoms with Gasteiger partial charge < -0.3 is 19.3 Å². The molecule has 1 aliphatic heterocycles. The molecule has 6 heteroatoms. The lowest BCUT2D eigenvalue weighted by molar-refractivity contribution is -0.118. The van der Waals surface area contributed by atoms with Gasteiger partial charge in [-0.05, 0) is 42.5 Å². The van der Waals surface area contributed by atoms with Gasteiger partial charge in [-0.25, -0.2) is 0 Å². The molecular formula is C24H18N2O4. The van der Waals surface area contributed by atoms with Gasteiger partial charge in [0.05, 0.1) is 11.1 Å². The van der Waals surface area contributed by atoms with E-state index in [0.717, 1.165) is 34.9 Å². The number of carbonyl (C=O) groups excluding carboxylic acids is 1. The number of hydrogen-bond donors (Lipinski definition) is 1. The molecule has 1 aromatic heterocycles. The molecule has 2 heterocycles. The highest BCUT2D eigenvalue weighted by Crippen LogP contribution is 2.49. The Labute approximate surface area is 172 Å². The van der Waals surface area contributed by atoms with E-state index in [1.165, 1.54) is 0 Å². The van der Waals surface area contributed by atoms with Gasteiger partial charge in [-0.2, -0.15) is 0 Å². The standard InChI is InChI=1S/C24H18N2O4/c27-23(25-18-7-3-5-15-4-1-2-6-17(15)18)24(10-11-24)22-13-20(30-26-22)16-8-9-19-21(12-16)29-14-28-19/h1-9,12-13H,10-11,14H2,(H,25,27). The smallest absolute Gasteiger partial charge is 0.236 e. The second-order valence-corrected chi connectivity index (χ2v) is 7.71. The minimum atomic E-state index is -0.644. The summed E-state index contributed by atoms with van der Waals surface area (Å²) in [5.74, 6) is 1.95. The number of benzene rings is 3. The summed E-state index contributed by atoms with van der Waals surface area (Å²) in [5, 5.41) is 9.46. The number of rotatable bonds is 4. The van der Waals surface area contributed by atoms with Crippen molar-refractivity contribution in [3.63, 3.8) is 0 Å². The van der Waals surface area contributed by atoms with Crippen molar-refractivity contribution in [3.05, 3.63) is 72.4 Å². The molecule has 1 saturated carbocycles. The highest BCUT2D eigenvalue weighted by molar-refractivity contribution is 6.07.